The number of fused-ring (bicyclic) bond motifs is 2. The van der Waals surface area contributed by atoms with Gasteiger partial charge in [0.1, 0.15) is 5.69 Å². The van der Waals surface area contributed by atoms with Gasteiger partial charge in [0.25, 0.3) is 0 Å². The fraction of sp³-hybridized carbons (Fsp3) is 0.353. The smallest absolute Gasteiger partial charge is 0.343 e. The highest BCUT2D eigenvalue weighted by Gasteiger charge is 2.44. The van der Waals surface area contributed by atoms with Gasteiger partial charge in [0.15, 0.2) is 10.9 Å². The van der Waals surface area contributed by atoms with E-state index in [0.717, 1.165) is 17.8 Å². The molecule has 1 aromatic heterocycles. The van der Waals surface area contributed by atoms with Crippen molar-refractivity contribution in [1.29, 1.82) is 0 Å². The Morgan fingerprint density at radius 1 is 1.15 bits per heavy atom. The zero-order chi connectivity index (χ0) is 18.3. The zero-order valence-corrected chi connectivity index (χ0v) is 14.1. The molecule has 0 amide bonds. The van der Waals surface area contributed by atoms with Gasteiger partial charge in [-0.05, 0) is 6.07 Å². The van der Waals surface area contributed by atoms with Gasteiger partial charge in [0.2, 0.25) is 6.29 Å². The Labute approximate surface area is 150 Å². The first kappa shape index (κ1) is 17.4. The molecule has 2 aliphatic heterocycles. The summed E-state index contributed by atoms with van der Waals surface area (Å²) in [7, 11) is 0. The maximum absolute atomic E-state index is 13.3. The molecule has 2 aliphatic rings. The Hall–Kier alpha value is -1.97. The van der Waals surface area contributed by atoms with Crippen LogP contribution in [0.25, 0.3) is 11.3 Å². The van der Waals surface area contributed by atoms with Crippen LogP contribution in [0.4, 0.5) is 13.2 Å². The molecule has 0 spiro atoms. The van der Waals surface area contributed by atoms with Crippen molar-refractivity contribution in [3.8, 4) is 11.3 Å². The zero-order valence-electron chi connectivity index (χ0n) is 13.3. The highest BCUT2D eigenvalue weighted by atomic mass is 32.2. The summed E-state index contributed by atoms with van der Waals surface area (Å²) in [5.74, 6) is -0.216. The van der Waals surface area contributed by atoms with Gasteiger partial charge in [0, 0.05) is 17.2 Å². The van der Waals surface area contributed by atoms with Crippen molar-refractivity contribution in [2.45, 2.75) is 35.4 Å². The molecular formula is C17H13F3N2O3S. The Balaban J connectivity index is 1.68. The van der Waals surface area contributed by atoms with Crippen LogP contribution in [0.5, 0.6) is 0 Å². The molecule has 3 heterocycles. The second-order valence-corrected chi connectivity index (χ2v) is 7.16. The van der Waals surface area contributed by atoms with Crippen molar-refractivity contribution in [3.63, 3.8) is 0 Å². The number of carbonyl (C=O) groups is 1. The SMILES string of the molecule is O=C1C[C@@H](Sc2nc(-c3ccccc3)cc(C(F)(F)F)n2)[C@@H]2CO[C@@H]1O2. The second-order valence-electron chi connectivity index (χ2n) is 5.95. The van der Waals surface area contributed by atoms with Crippen molar-refractivity contribution in [2.24, 2.45) is 0 Å². The highest BCUT2D eigenvalue weighted by Crippen LogP contribution is 2.37. The average molecular weight is 382 g/mol. The predicted octanol–water partition coefficient (Wildman–Crippen LogP) is 3.34. The van der Waals surface area contributed by atoms with Gasteiger partial charge in [-0.2, -0.15) is 13.2 Å². The molecule has 2 fully saturated rings. The third-order valence-electron chi connectivity index (χ3n) is 4.11. The number of carbonyl (C=O) groups excluding carboxylic acids is 1. The van der Waals surface area contributed by atoms with Crippen LogP contribution in [0.1, 0.15) is 12.1 Å². The van der Waals surface area contributed by atoms with Crippen LogP contribution < -0.4 is 0 Å². The topological polar surface area (TPSA) is 61.3 Å². The van der Waals surface area contributed by atoms with E-state index >= 15 is 0 Å². The third kappa shape index (κ3) is 3.46. The van der Waals surface area contributed by atoms with Gasteiger partial charge in [-0.25, -0.2) is 9.97 Å². The number of hydrogen-bond acceptors (Lipinski definition) is 6. The largest absolute Gasteiger partial charge is 0.433 e. The van der Waals surface area contributed by atoms with Crippen molar-refractivity contribution in [3.05, 3.63) is 42.1 Å². The minimum Gasteiger partial charge on any atom is -0.343 e. The molecule has 3 atom stereocenters. The van der Waals surface area contributed by atoms with Crippen LogP contribution in [0, 0.1) is 0 Å². The van der Waals surface area contributed by atoms with E-state index in [1.165, 1.54) is 0 Å². The maximum Gasteiger partial charge on any atom is 0.433 e. The van der Waals surface area contributed by atoms with Gasteiger partial charge in [-0.15, -0.1) is 0 Å². The summed E-state index contributed by atoms with van der Waals surface area (Å²) in [5, 5.41) is -0.418. The van der Waals surface area contributed by atoms with E-state index in [1.54, 1.807) is 30.3 Å². The lowest BCUT2D eigenvalue weighted by Gasteiger charge is -2.25. The summed E-state index contributed by atoms with van der Waals surface area (Å²) in [4.78, 5) is 19.8. The lowest BCUT2D eigenvalue weighted by molar-refractivity contribution is -0.151. The summed E-state index contributed by atoms with van der Waals surface area (Å²) in [6.45, 7) is 0.235. The Morgan fingerprint density at radius 2 is 1.92 bits per heavy atom. The minimum atomic E-state index is -4.60. The van der Waals surface area contributed by atoms with E-state index in [4.69, 9.17) is 9.47 Å². The van der Waals surface area contributed by atoms with Gasteiger partial charge >= 0.3 is 6.18 Å². The maximum atomic E-state index is 13.3. The molecule has 0 saturated carbocycles. The number of benzene rings is 1. The molecule has 2 bridgehead atoms. The summed E-state index contributed by atoms with van der Waals surface area (Å²) < 4.78 is 50.4. The molecule has 0 unspecified atom stereocenters. The van der Waals surface area contributed by atoms with Crippen molar-refractivity contribution >= 4 is 17.5 Å². The first-order valence-electron chi connectivity index (χ1n) is 7.88. The van der Waals surface area contributed by atoms with E-state index in [-0.39, 0.29) is 41.0 Å². The number of rotatable bonds is 3. The Morgan fingerprint density at radius 3 is 2.65 bits per heavy atom. The number of Topliss-reactive ketones (excluding diaryl/α,β-unsaturated/α-hetero) is 1. The first-order chi connectivity index (χ1) is 12.4. The number of halogens is 3. The van der Waals surface area contributed by atoms with Gasteiger partial charge < -0.3 is 9.47 Å². The lowest BCUT2D eigenvalue weighted by Crippen LogP contribution is -2.37. The van der Waals surface area contributed by atoms with Crippen LogP contribution in [0.2, 0.25) is 0 Å². The molecule has 0 radical (unpaired) electrons. The number of thioether (sulfide) groups is 1. The Bertz CT molecular complexity index is 832. The monoisotopic (exact) mass is 382 g/mol. The van der Waals surface area contributed by atoms with Crippen LogP contribution in [0.3, 0.4) is 0 Å². The van der Waals surface area contributed by atoms with Crippen molar-refractivity contribution < 1.29 is 27.4 Å². The molecule has 9 heteroatoms. The number of nitrogens with zero attached hydrogens (tertiary/aromatic N) is 2. The second kappa shape index (κ2) is 6.64. The molecule has 2 aromatic rings. The quantitative estimate of drug-likeness (QED) is 0.759. The van der Waals surface area contributed by atoms with Crippen LogP contribution in [0.15, 0.2) is 41.6 Å². The summed E-state index contributed by atoms with van der Waals surface area (Å²) in [5.41, 5.74) is -0.279. The summed E-state index contributed by atoms with van der Waals surface area (Å²) >= 11 is 1.02. The molecule has 5 nitrogen and oxygen atoms in total. The van der Waals surface area contributed by atoms with Crippen molar-refractivity contribution in [2.75, 3.05) is 6.61 Å². The fourth-order valence-corrected chi connectivity index (χ4v) is 3.96. The number of hydrogen-bond donors (Lipinski definition) is 0. The van der Waals surface area contributed by atoms with E-state index < -0.39 is 18.2 Å². The Kier molecular flexibility index (Phi) is 4.45. The van der Waals surface area contributed by atoms with Gasteiger partial charge in [-0.3, -0.25) is 4.79 Å². The summed E-state index contributed by atoms with van der Waals surface area (Å²) in [6.07, 6.45) is -5.65. The molecule has 26 heavy (non-hydrogen) atoms. The molecule has 0 aliphatic carbocycles. The molecule has 0 N–H and O–H groups in total. The molecule has 136 valence electrons. The number of alkyl halides is 3. The van der Waals surface area contributed by atoms with Crippen LogP contribution in [-0.4, -0.2) is 40.0 Å². The summed E-state index contributed by atoms with van der Waals surface area (Å²) in [6, 6.07) is 9.50. The lowest BCUT2D eigenvalue weighted by atomic mass is 10.1. The fourth-order valence-electron chi connectivity index (χ4n) is 2.84. The molecular weight excluding hydrogens is 369 g/mol. The molecule has 4 rings (SSSR count). The average Bonchev–Trinajstić information content (AvgIpc) is 3.06. The van der Waals surface area contributed by atoms with E-state index in [2.05, 4.69) is 9.97 Å². The molecule has 2 saturated heterocycles. The third-order valence-corrected chi connectivity index (χ3v) is 5.28. The van der Waals surface area contributed by atoms with E-state index in [0.29, 0.717) is 5.56 Å². The first-order valence-corrected chi connectivity index (χ1v) is 8.76. The van der Waals surface area contributed by atoms with Crippen LogP contribution >= 0.6 is 11.8 Å². The van der Waals surface area contributed by atoms with Gasteiger partial charge in [-0.1, -0.05) is 42.1 Å². The number of ketones is 1. The van der Waals surface area contributed by atoms with Gasteiger partial charge in [0.05, 0.1) is 18.4 Å². The van der Waals surface area contributed by atoms with E-state index in [1.807, 2.05) is 0 Å². The normalized spacial score (nSPS) is 25.5. The van der Waals surface area contributed by atoms with Crippen molar-refractivity contribution in [1.82, 2.24) is 9.97 Å². The highest BCUT2D eigenvalue weighted by molar-refractivity contribution is 7.99. The van der Waals surface area contributed by atoms with Crippen LogP contribution in [-0.2, 0) is 20.4 Å². The number of aromatic nitrogens is 2. The predicted molar refractivity (Wildman–Crippen MR) is 86.4 cm³/mol. The van der Waals surface area contributed by atoms with E-state index in [9.17, 15) is 18.0 Å². The minimum absolute atomic E-state index is 0.0366. The molecule has 1 aromatic carbocycles. The number of ether oxygens (including phenoxy) is 2. The standard InChI is InChI=1S/C17H13F3N2O3S/c18-17(19,20)14-6-10(9-4-2-1-3-5-9)21-16(22-14)26-13-7-11(23)15-24-8-12(13)25-15/h1-6,12-13,15H,7-8H2/t12-,13+,15+/m0/s1.